The second-order valence-electron chi connectivity index (χ2n) is 5.18. The molecular weight excluding hydrogens is 190 g/mol. The molecule has 1 aliphatic carbocycles. The molecule has 1 spiro atoms. The Hall–Kier alpha value is -0.570. The Balaban J connectivity index is 2.09. The second-order valence-corrected chi connectivity index (χ2v) is 5.18. The molecule has 2 rings (SSSR count). The molecule has 2 aliphatic rings. The minimum absolute atomic E-state index is 0.100. The number of hydrogen-bond donors (Lipinski definition) is 1. The Labute approximate surface area is 91.5 Å². The van der Waals surface area contributed by atoms with E-state index in [1.165, 1.54) is 12.8 Å². The van der Waals surface area contributed by atoms with E-state index in [2.05, 4.69) is 6.92 Å². The lowest BCUT2D eigenvalue weighted by molar-refractivity contribution is -0.133. The maximum absolute atomic E-state index is 11.7. The molecule has 0 aromatic carbocycles. The van der Waals surface area contributed by atoms with Crippen LogP contribution in [0.2, 0.25) is 0 Å². The number of carbonyl (C=O) groups excluding carboxylic acids is 1. The first-order chi connectivity index (χ1) is 7.18. The lowest BCUT2D eigenvalue weighted by Crippen LogP contribution is -2.49. The molecule has 1 amide bonds. The molecule has 0 aromatic heterocycles. The van der Waals surface area contributed by atoms with Crippen molar-refractivity contribution in [1.29, 1.82) is 0 Å². The van der Waals surface area contributed by atoms with Crippen LogP contribution in [0.4, 0.5) is 0 Å². The quantitative estimate of drug-likeness (QED) is 0.753. The van der Waals surface area contributed by atoms with Crippen LogP contribution in [-0.2, 0) is 4.79 Å². The third kappa shape index (κ3) is 1.89. The number of hydrogen-bond acceptors (Lipinski definition) is 2. The fourth-order valence-electron chi connectivity index (χ4n) is 3.16. The number of aliphatic hydroxyl groups is 1. The molecule has 1 heterocycles. The predicted molar refractivity (Wildman–Crippen MR) is 58.4 cm³/mol. The topological polar surface area (TPSA) is 40.5 Å². The normalized spacial score (nSPS) is 36.5. The van der Waals surface area contributed by atoms with Crippen LogP contribution >= 0.6 is 0 Å². The maximum Gasteiger partial charge on any atom is 0.223 e. The van der Waals surface area contributed by atoms with Crippen LogP contribution in [0.25, 0.3) is 0 Å². The van der Waals surface area contributed by atoms with Gasteiger partial charge in [0.15, 0.2) is 0 Å². The molecule has 3 nitrogen and oxygen atoms in total. The fourth-order valence-corrected chi connectivity index (χ4v) is 3.16. The van der Waals surface area contributed by atoms with Gasteiger partial charge in [-0.1, -0.05) is 6.92 Å². The zero-order valence-corrected chi connectivity index (χ0v) is 9.54. The highest BCUT2D eigenvalue weighted by molar-refractivity contribution is 5.79. The van der Waals surface area contributed by atoms with Crippen LogP contribution in [0.1, 0.15) is 45.4 Å². The first-order valence-electron chi connectivity index (χ1n) is 6.09. The molecule has 1 saturated heterocycles. The summed E-state index contributed by atoms with van der Waals surface area (Å²) in [5, 5.41) is 9.02. The molecule has 3 heteroatoms. The third-order valence-electron chi connectivity index (χ3n) is 4.21. The van der Waals surface area contributed by atoms with E-state index in [4.69, 9.17) is 5.11 Å². The van der Waals surface area contributed by atoms with Gasteiger partial charge < -0.3 is 10.0 Å². The van der Waals surface area contributed by atoms with E-state index in [1.807, 2.05) is 4.90 Å². The van der Waals surface area contributed by atoms with Crippen molar-refractivity contribution in [3.63, 3.8) is 0 Å². The SMILES string of the molecule is CC1CCC2(CCC(=O)N2CCO)CC1. The molecule has 1 saturated carbocycles. The van der Waals surface area contributed by atoms with Gasteiger partial charge in [-0.25, -0.2) is 0 Å². The number of carbonyl (C=O) groups is 1. The Morgan fingerprint density at radius 1 is 1.40 bits per heavy atom. The molecule has 0 bridgehead atoms. The van der Waals surface area contributed by atoms with E-state index in [1.54, 1.807) is 0 Å². The average Bonchev–Trinajstić information content (AvgIpc) is 2.53. The number of aliphatic hydroxyl groups excluding tert-OH is 1. The van der Waals surface area contributed by atoms with Crippen LogP contribution in [0.5, 0.6) is 0 Å². The van der Waals surface area contributed by atoms with E-state index in [0.717, 1.165) is 25.2 Å². The van der Waals surface area contributed by atoms with Gasteiger partial charge in [-0.05, 0) is 38.0 Å². The van der Waals surface area contributed by atoms with Gasteiger partial charge in [0.1, 0.15) is 0 Å². The Bertz CT molecular complexity index is 244. The fraction of sp³-hybridized carbons (Fsp3) is 0.917. The van der Waals surface area contributed by atoms with Gasteiger partial charge in [-0.2, -0.15) is 0 Å². The average molecular weight is 211 g/mol. The van der Waals surface area contributed by atoms with Gasteiger partial charge in [0, 0.05) is 18.5 Å². The first-order valence-corrected chi connectivity index (χ1v) is 6.09. The molecule has 0 unspecified atom stereocenters. The summed E-state index contributed by atoms with van der Waals surface area (Å²) >= 11 is 0. The summed E-state index contributed by atoms with van der Waals surface area (Å²) in [4.78, 5) is 13.7. The van der Waals surface area contributed by atoms with Crippen LogP contribution in [0, 0.1) is 5.92 Å². The van der Waals surface area contributed by atoms with Crippen LogP contribution < -0.4 is 0 Å². The molecule has 0 radical (unpaired) electrons. The van der Waals surface area contributed by atoms with Crippen LogP contribution in [0.15, 0.2) is 0 Å². The highest BCUT2D eigenvalue weighted by Gasteiger charge is 2.45. The van der Waals surface area contributed by atoms with Crippen LogP contribution in [0.3, 0.4) is 0 Å². The minimum atomic E-state index is 0.100. The van der Waals surface area contributed by atoms with Crippen molar-refractivity contribution in [3.8, 4) is 0 Å². The minimum Gasteiger partial charge on any atom is -0.395 e. The maximum atomic E-state index is 11.7. The highest BCUT2D eigenvalue weighted by atomic mass is 16.3. The van der Waals surface area contributed by atoms with E-state index < -0.39 is 0 Å². The van der Waals surface area contributed by atoms with Gasteiger partial charge in [-0.15, -0.1) is 0 Å². The largest absolute Gasteiger partial charge is 0.395 e. The van der Waals surface area contributed by atoms with Crippen molar-refractivity contribution in [1.82, 2.24) is 4.90 Å². The smallest absolute Gasteiger partial charge is 0.223 e. The zero-order chi connectivity index (χ0) is 10.9. The molecule has 1 aliphatic heterocycles. The Morgan fingerprint density at radius 2 is 2.07 bits per heavy atom. The van der Waals surface area contributed by atoms with Crippen molar-refractivity contribution in [2.45, 2.75) is 51.0 Å². The molecule has 0 atom stereocenters. The summed E-state index contributed by atoms with van der Waals surface area (Å²) in [5.41, 5.74) is 0.117. The standard InChI is InChI=1S/C12H21NO2/c1-10-2-5-12(6-3-10)7-4-11(15)13(12)8-9-14/h10,14H,2-9H2,1H3. The second kappa shape index (κ2) is 4.12. The summed E-state index contributed by atoms with van der Waals surface area (Å²) < 4.78 is 0. The Morgan fingerprint density at radius 3 is 2.67 bits per heavy atom. The number of amides is 1. The number of rotatable bonds is 2. The zero-order valence-electron chi connectivity index (χ0n) is 9.54. The summed E-state index contributed by atoms with van der Waals surface area (Å²) in [6.45, 7) is 2.93. The van der Waals surface area contributed by atoms with Gasteiger partial charge in [0.2, 0.25) is 5.91 Å². The summed E-state index contributed by atoms with van der Waals surface area (Å²) in [5.74, 6) is 1.06. The van der Waals surface area contributed by atoms with Crippen molar-refractivity contribution < 1.29 is 9.90 Å². The predicted octanol–water partition coefficient (Wildman–Crippen LogP) is 1.55. The number of nitrogens with zero attached hydrogens (tertiary/aromatic N) is 1. The van der Waals surface area contributed by atoms with Crippen molar-refractivity contribution >= 4 is 5.91 Å². The number of β-amino-alcohol motifs (C(OH)–C–C–N with tert-alkyl or cyclic N) is 1. The molecule has 0 aromatic rings. The van der Waals surface area contributed by atoms with Gasteiger partial charge in [0.05, 0.1) is 6.61 Å². The first kappa shape index (κ1) is 10.9. The lowest BCUT2D eigenvalue weighted by atomic mass is 9.75. The van der Waals surface area contributed by atoms with E-state index in [-0.39, 0.29) is 18.1 Å². The summed E-state index contributed by atoms with van der Waals surface area (Å²) in [6.07, 6.45) is 6.44. The van der Waals surface area contributed by atoms with Gasteiger partial charge in [0.25, 0.3) is 0 Å². The third-order valence-corrected chi connectivity index (χ3v) is 4.21. The number of likely N-dealkylation sites (tertiary alicyclic amines) is 1. The summed E-state index contributed by atoms with van der Waals surface area (Å²) in [7, 11) is 0. The highest BCUT2D eigenvalue weighted by Crippen LogP contribution is 2.43. The van der Waals surface area contributed by atoms with Crippen molar-refractivity contribution in [3.05, 3.63) is 0 Å². The van der Waals surface area contributed by atoms with Crippen molar-refractivity contribution in [2.75, 3.05) is 13.2 Å². The van der Waals surface area contributed by atoms with Gasteiger partial charge in [-0.3, -0.25) is 4.79 Å². The van der Waals surface area contributed by atoms with E-state index in [9.17, 15) is 4.79 Å². The molecule has 2 fully saturated rings. The van der Waals surface area contributed by atoms with Crippen molar-refractivity contribution in [2.24, 2.45) is 5.92 Å². The molecule has 86 valence electrons. The lowest BCUT2D eigenvalue weighted by Gasteiger charge is -2.43. The molecule has 15 heavy (non-hydrogen) atoms. The summed E-state index contributed by atoms with van der Waals surface area (Å²) in [6, 6.07) is 0. The van der Waals surface area contributed by atoms with Crippen LogP contribution in [-0.4, -0.2) is 34.6 Å². The van der Waals surface area contributed by atoms with Gasteiger partial charge >= 0.3 is 0 Å². The van der Waals surface area contributed by atoms with E-state index >= 15 is 0 Å². The molecule has 1 N–H and O–H groups in total. The Kier molecular flexibility index (Phi) is 3.01. The molecular formula is C12H21NO2. The van der Waals surface area contributed by atoms with E-state index in [0.29, 0.717) is 13.0 Å². The monoisotopic (exact) mass is 211 g/mol.